The fraction of sp³-hybridized carbons (Fsp3) is 0.533. The van der Waals surface area contributed by atoms with Crippen LogP contribution in [-0.4, -0.2) is 29.4 Å². The zero-order valence-electron chi connectivity index (χ0n) is 12.7. The number of nitrogens with zero attached hydrogens (tertiary/aromatic N) is 2. The monoisotopic (exact) mass is 314 g/mol. The molecule has 0 saturated carbocycles. The van der Waals surface area contributed by atoms with Gasteiger partial charge in [0, 0.05) is 18.7 Å². The summed E-state index contributed by atoms with van der Waals surface area (Å²) in [6, 6.07) is 3.02. The number of ether oxygens (including phenoxy) is 2. The number of fused-ring (bicyclic) bond motifs is 1. The number of hydrogen-bond donors (Lipinski definition) is 0. The maximum absolute atomic E-state index is 13.8. The number of benzene rings is 1. The molecule has 0 aliphatic carbocycles. The zero-order chi connectivity index (χ0) is 15.6. The van der Waals surface area contributed by atoms with Crippen molar-refractivity contribution in [2.75, 3.05) is 13.7 Å². The topological polar surface area (TPSA) is 36.3 Å². The number of imidazole rings is 1. The van der Waals surface area contributed by atoms with Crippen LogP contribution in [0.25, 0.3) is 11.0 Å². The van der Waals surface area contributed by atoms with Crippen LogP contribution < -0.4 is 4.74 Å². The predicted molar refractivity (Wildman–Crippen MR) is 81.6 cm³/mol. The molecule has 4 nitrogen and oxygen atoms in total. The third-order valence-corrected chi connectivity index (χ3v) is 3.37. The van der Waals surface area contributed by atoms with Crippen molar-refractivity contribution < 1.29 is 13.9 Å². The van der Waals surface area contributed by atoms with Gasteiger partial charge in [0.1, 0.15) is 5.82 Å². The zero-order valence-corrected chi connectivity index (χ0v) is 13.4. The first-order valence-electron chi connectivity index (χ1n) is 6.93. The van der Waals surface area contributed by atoms with Crippen LogP contribution in [0.15, 0.2) is 12.1 Å². The smallest absolute Gasteiger partial charge is 0.167 e. The summed E-state index contributed by atoms with van der Waals surface area (Å²) < 4.78 is 26.4. The maximum Gasteiger partial charge on any atom is 0.167 e. The van der Waals surface area contributed by atoms with Gasteiger partial charge in [-0.15, -0.1) is 11.6 Å². The van der Waals surface area contributed by atoms with E-state index in [-0.39, 0.29) is 17.2 Å². The second-order valence-electron chi connectivity index (χ2n) is 5.13. The van der Waals surface area contributed by atoms with Gasteiger partial charge in [-0.25, -0.2) is 9.37 Å². The molecule has 1 atom stereocenters. The van der Waals surface area contributed by atoms with Gasteiger partial charge in [0.15, 0.2) is 11.6 Å². The molecule has 6 heteroatoms. The van der Waals surface area contributed by atoms with E-state index < -0.39 is 5.82 Å². The Kier molecular flexibility index (Phi) is 5.06. The van der Waals surface area contributed by atoms with Crippen LogP contribution in [0, 0.1) is 5.82 Å². The van der Waals surface area contributed by atoms with Gasteiger partial charge in [0.25, 0.3) is 0 Å². The summed E-state index contributed by atoms with van der Waals surface area (Å²) in [5, 5.41) is -0.273. The number of rotatable bonds is 6. The highest BCUT2D eigenvalue weighted by atomic mass is 35.5. The molecule has 1 heterocycles. The number of alkyl halides is 1. The average molecular weight is 315 g/mol. The van der Waals surface area contributed by atoms with E-state index in [9.17, 15) is 4.39 Å². The fourth-order valence-electron chi connectivity index (χ4n) is 2.22. The lowest BCUT2D eigenvalue weighted by atomic mass is 10.3. The molecule has 21 heavy (non-hydrogen) atoms. The van der Waals surface area contributed by atoms with E-state index in [0.29, 0.717) is 24.5 Å². The molecular formula is C15H20ClFN2O2. The van der Waals surface area contributed by atoms with Crippen LogP contribution in [0.3, 0.4) is 0 Å². The summed E-state index contributed by atoms with van der Waals surface area (Å²) >= 11 is 6.19. The number of methoxy groups -OCH3 is 1. The lowest BCUT2D eigenvalue weighted by molar-refractivity contribution is 0.0729. The number of aromatic nitrogens is 2. The van der Waals surface area contributed by atoms with E-state index in [1.165, 1.54) is 13.2 Å². The standard InChI is InChI=1S/C15H20ClFN2O2/c1-9(2)21-6-5-19-13-8-14(20-4)11(17)7-12(13)18-15(19)10(3)16/h7-10H,5-6H2,1-4H3. The minimum atomic E-state index is -0.429. The van der Waals surface area contributed by atoms with Crippen molar-refractivity contribution in [2.45, 2.75) is 38.8 Å². The van der Waals surface area contributed by atoms with Crippen molar-refractivity contribution in [1.82, 2.24) is 9.55 Å². The maximum atomic E-state index is 13.8. The Hall–Kier alpha value is -1.33. The third kappa shape index (κ3) is 3.47. The van der Waals surface area contributed by atoms with Crippen molar-refractivity contribution in [3.8, 4) is 5.75 Å². The molecule has 0 spiro atoms. The van der Waals surface area contributed by atoms with Crippen molar-refractivity contribution in [1.29, 1.82) is 0 Å². The third-order valence-electron chi connectivity index (χ3n) is 3.17. The van der Waals surface area contributed by atoms with Gasteiger partial charge in [-0.05, 0) is 20.8 Å². The summed E-state index contributed by atoms with van der Waals surface area (Å²) in [5.74, 6) is 0.468. The number of halogens is 2. The van der Waals surface area contributed by atoms with E-state index in [2.05, 4.69) is 4.98 Å². The normalized spacial score (nSPS) is 13.1. The summed E-state index contributed by atoms with van der Waals surface area (Å²) in [5.41, 5.74) is 1.36. The van der Waals surface area contributed by atoms with E-state index in [0.717, 1.165) is 5.52 Å². The van der Waals surface area contributed by atoms with Crippen LogP contribution in [0.5, 0.6) is 5.75 Å². The first-order valence-corrected chi connectivity index (χ1v) is 7.37. The first kappa shape index (κ1) is 16.0. The summed E-state index contributed by atoms with van der Waals surface area (Å²) in [6.45, 7) is 6.95. The molecule has 0 bridgehead atoms. The van der Waals surface area contributed by atoms with Crippen molar-refractivity contribution in [2.24, 2.45) is 0 Å². The molecule has 0 amide bonds. The summed E-state index contributed by atoms with van der Waals surface area (Å²) in [7, 11) is 1.44. The molecule has 0 fully saturated rings. The molecule has 116 valence electrons. The highest BCUT2D eigenvalue weighted by molar-refractivity contribution is 6.20. The van der Waals surface area contributed by atoms with Crippen LogP contribution in [0.2, 0.25) is 0 Å². The lowest BCUT2D eigenvalue weighted by Crippen LogP contribution is -2.13. The summed E-state index contributed by atoms with van der Waals surface area (Å²) in [6.07, 6.45) is 0.156. The molecule has 1 aromatic heterocycles. The highest BCUT2D eigenvalue weighted by Gasteiger charge is 2.17. The Labute approximate surface area is 128 Å². The quantitative estimate of drug-likeness (QED) is 0.758. The second kappa shape index (κ2) is 6.62. The number of hydrogen-bond acceptors (Lipinski definition) is 3. The molecule has 1 unspecified atom stereocenters. The Morgan fingerprint density at radius 2 is 2.05 bits per heavy atom. The van der Waals surface area contributed by atoms with Gasteiger partial charge >= 0.3 is 0 Å². The minimum Gasteiger partial charge on any atom is -0.494 e. The van der Waals surface area contributed by atoms with E-state index in [1.807, 2.05) is 25.3 Å². The van der Waals surface area contributed by atoms with Gasteiger partial charge in [-0.3, -0.25) is 0 Å². The Morgan fingerprint density at radius 3 is 2.62 bits per heavy atom. The SMILES string of the molecule is COc1cc2c(cc1F)nc(C(C)Cl)n2CCOC(C)C. The van der Waals surface area contributed by atoms with Crippen LogP contribution in [0.4, 0.5) is 4.39 Å². The molecule has 2 rings (SSSR count). The first-order chi connectivity index (χ1) is 9.93. The largest absolute Gasteiger partial charge is 0.494 e. The van der Waals surface area contributed by atoms with E-state index in [4.69, 9.17) is 21.1 Å². The van der Waals surface area contributed by atoms with Gasteiger partial charge in [0.2, 0.25) is 0 Å². The molecule has 1 aromatic carbocycles. The fourth-order valence-corrected chi connectivity index (χ4v) is 2.39. The average Bonchev–Trinajstić information content (AvgIpc) is 2.75. The Balaban J connectivity index is 2.45. The second-order valence-corrected chi connectivity index (χ2v) is 5.79. The lowest BCUT2D eigenvalue weighted by Gasteiger charge is -2.13. The molecule has 0 N–H and O–H groups in total. The minimum absolute atomic E-state index is 0.156. The van der Waals surface area contributed by atoms with Crippen molar-refractivity contribution >= 4 is 22.6 Å². The molecule has 0 aliphatic heterocycles. The molecule has 0 saturated heterocycles. The predicted octanol–water partition coefficient (Wildman–Crippen LogP) is 3.91. The van der Waals surface area contributed by atoms with Crippen LogP contribution in [0.1, 0.15) is 32.0 Å². The van der Waals surface area contributed by atoms with Gasteiger partial charge in [0.05, 0.1) is 36.2 Å². The molecular weight excluding hydrogens is 295 g/mol. The van der Waals surface area contributed by atoms with Crippen LogP contribution >= 0.6 is 11.6 Å². The van der Waals surface area contributed by atoms with Gasteiger partial charge in [-0.2, -0.15) is 0 Å². The Bertz CT molecular complexity index is 626. The Morgan fingerprint density at radius 1 is 1.33 bits per heavy atom. The van der Waals surface area contributed by atoms with Crippen molar-refractivity contribution in [3.05, 3.63) is 23.8 Å². The van der Waals surface area contributed by atoms with Gasteiger partial charge < -0.3 is 14.0 Å². The molecule has 0 aliphatic rings. The van der Waals surface area contributed by atoms with Crippen LogP contribution in [-0.2, 0) is 11.3 Å². The van der Waals surface area contributed by atoms with Crippen molar-refractivity contribution in [3.63, 3.8) is 0 Å². The molecule has 2 aromatic rings. The van der Waals surface area contributed by atoms with E-state index in [1.54, 1.807) is 6.07 Å². The summed E-state index contributed by atoms with van der Waals surface area (Å²) in [4.78, 5) is 4.43. The van der Waals surface area contributed by atoms with E-state index >= 15 is 0 Å². The van der Waals surface area contributed by atoms with Gasteiger partial charge in [-0.1, -0.05) is 0 Å². The highest BCUT2D eigenvalue weighted by Crippen LogP contribution is 2.29. The molecule has 0 radical (unpaired) electrons.